The van der Waals surface area contributed by atoms with Gasteiger partial charge < -0.3 is 10.5 Å². The van der Waals surface area contributed by atoms with Crippen molar-refractivity contribution in [1.29, 1.82) is 0 Å². The molecule has 1 atom stereocenters. The van der Waals surface area contributed by atoms with Crippen LogP contribution in [0.5, 0.6) is 5.75 Å². The highest BCUT2D eigenvalue weighted by molar-refractivity contribution is 5.81. The van der Waals surface area contributed by atoms with Crippen LogP contribution in [-0.2, 0) is 11.8 Å². The summed E-state index contributed by atoms with van der Waals surface area (Å²) < 4.78 is 19.5. The lowest BCUT2D eigenvalue weighted by molar-refractivity contribution is 0.286. The zero-order valence-electron chi connectivity index (χ0n) is 17.1. The second-order valence-corrected chi connectivity index (χ2v) is 8.29. The first-order valence-corrected chi connectivity index (χ1v) is 9.73. The molecule has 3 aromatic rings. The standard InChI is InChI=1S/C24H29FN2O/c1-5-24(26,15-17-12-13-27-21-9-7-6-8-19(17)21)16-23(2,3)20-14-18(25)10-11-22(20)28-4/h6-14H,5,15-16,26H2,1-4H3. The van der Waals surface area contributed by atoms with Crippen LogP contribution in [0.2, 0.25) is 0 Å². The summed E-state index contributed by atoms with van der Waals surface area (Å²) in [5, 5.41) is 1.13. The Morgan fingerprint density at radius 3 is 2.57 bits per heavy atom. The normalized spacial score (nSPS) is 14.1. The van der Waals surface area contributed by atoms with Gasteiger partial charge in [-0.25, -0.2) is 4.39 Å². The summed E-state index contributed by atoms with van der Waals surface area (Å²) in [5.74, 6) is 0.433. The number of nitrogens with two attached hydrogens (primary N) is 1. The van der Waals surface area contributed by atoms with Crippen molar-refractivity contribution >= 4 is 10.9 Å². The van der Waals surface area contributed by atoms with Gasteiger partial charge in [-0.1, -0.05) is 39.0 Å². The number of nitrogens with zero attached hydrogens (tertiary/aromatic N) is 1. The van der Waals surface area contributed by atoms with Gasteiger partial charge in [-0.2, -0.15) is 0 Å². The summed E-state index contributed by atoms with van der Waals surface area (Å²) in [6.07, 6.45) is 4.08. The number of ether oxygens (including phenoxy) is 1. The minimum Gasteiger partial charge on any atom is -0.496 e. The van der Waals surface area contributed by atoms with E-state index in [4.69, 9.17) is 10.5 Å². The van der Waals surface area contributed by atoms with Crippen LogP contribution in [-0.4, -0.2) is 17.6 Å². The molecule has 1 heterocycles. The molecule has 1 aromatic heterocycles. The predicted molar refractivity (Wildman–Crippen MR) is 113 cm³/mol. The number of aromatic nitrogens is 1. The van der Waals surface area contributed by atoms with Crippen molar-refractivity contribution in [3.8, 4) is 5.75 Å². The van der Waals surface area contributed by atoms with E-state index in [9.17, 15) is 4.39 Å². The van der Waals surface area contributed by atoms with Gasteiger partial charge in [0.25, 0.3) is 0 Å². The second-order valence-electron chi connectivity index (χ2n) is 8.29. The van der Waals surface area contributed by atoms with Gasteiger partial charge in [0.2, 0.25) is 0 Å². The molecule has 2 N–H and O–H groups in total. The van der Waals surface area contributed by atoms with Gasteiger partial charge in [0.05, 0.1) is 12.6 Å². The third kappa shape index (κ3) is 4.17. The van der Waals surface area contributed by atoms with Crippen LogP contribution in [0.4, 0.5) is 4.39 Å². The fraction of sp³-hybridized carbons (Fsp3) is 0.375. The molecule has 0 aliphatic carbocycles. The lowest BCUT2D eigenvalue weighted by Gasteiger charge is -2.38. The van der Waals surface area contributed by atoms with E-state index in [0.717, 1.165) is 29.3 Å². The number of methoxy groups -OCH3 is 1. The van der Waals surface area contributed by atoms with E-state index >= 15 is 0 Å². The quantitative estimate of drug-likeness (QED) is 0.597. The fourth-order valence-electron chi connectivity index (χ4n) is 4.19. The molecule has 0 spiro atoms. The van der Waals surface area contributed by atoms with E-state index in [1.165, 1.54) is 11.6 Å². The highest BCUT2D eigenvalue weighted by Gasteiger charge is 2.35. The van der Waals surface area contributed by atoms with Crippen molar-refractivity contribution in [2.75, 3.05) is 7.11 Å². The monoisotopic (exact) mass is 380 g/mol. The van der Waals surface area contributed by atoms with Gasteiger partial charge in [0.15, 0.2) is 0 Å². The molecule has 4 heteroatoms. The van der Waals surface area contributed by atoms with Crippen LogP contribution in [0.15, 0.2) is 54.7 Å². The Labute approximate surface area is 166 Å². The molecule has 0 fully saturated rings. The van der Waals surface area contributed by atoms with Gasteiger partial charge in [-0.3, -0.25) is 4.98 Å². The maximum atomic E-state index is 14.0. The average Bonchev–Trinajstić information content (AvgIpc) is 2.68. The lowest BCUT2D eigenvalue weighted by Crippen LogP contribution is -2.46. The number of para-hydroxylation sites is 1. The molecule has 0 aliphatic heterocycles. The number of hydrogen-bond donors (Lipinski definition) is 1. The molecule has 148 valence electrons. The van der Waals surface area contributed by atoms with Gasteiger partial charge in [-0.15, -0.1) is 0 Å². The fourth-order valence-corrected chi connectivity index (χ4v) is 4.19. The summed E-state index contributed by atoms with van der Waals surface area (Å²) in [7, 11) is 1.62. The molecule has 28 heavy (non-hydrogen) atoms. The summed E-state index contributed by atoms with van der Waals surface area (Å²) >= 11 is 0. The minimum atomic E-state index is -0.440. The van der Waals surface area contributed by atoms with Crippen LogP contribution >= 0.6 is 0 Å². The maximum Gasteiger partial charge on any atom is 0.123 e. The van der Waals surface area contributed by atoms with Crippen LogP contribution < -0.4 is 10.5 Å². The number of benzene rings is 2. The molecule has 0 amide bonds. The topological polar surface area (TPSA) is 48.1 Å². The molecule has 3 nitrogen and oxygen atoms in total. The molecule has 0 saturated carbocycles. The predicted octanol–water partition coefficient (Wildman–Crippen LogP) is 5.40. The van der Waals surface area contributed by atoms with E-state index in [1.807, 2.05) is 24.4 Å². The zero-order chi connectivity index (χ0) is 20.4. The van der Waals surface area contributed by atoms with Crippen molar-refractivity contribution in [3.05, 3.63) is 71.7 Å². The highest BCUT2D eigenvalue weighted by atomic mass is 19.1. The summed E-state index contributed by atoms with van der Waals surface area (Å²) in [5.41, 5.74) is 9.15. The summed E-state index contributed by atoms with van der Waals surface area (Å²) in [6, 6.07) is 14.9. The SMILES string of the molecule is CCC(N)(Cc1ccnc2ccccc12)CC(C)(C)c1cc(F)ccc1OC. The Bertz CT molecular complexity index is 964. The van der Waals surface area contributed by atoms with Crippen LogP contribution in [0.1, 0.15) is 44.7 Å². The Morgan fingerprint density at radius 1 is 1.11 bits per heavy atom. The first kappa shape index (κ1) is 20.3. The molecule has 0 aliphatic rings. The first-order chi connectivity index (χ1) is 13.3. The Morgan fingerprint density at radius 2 is 1.86 bits per heavy atom. The first-order valence-electron chi connectivity index (χ1n) is 9.73. The van der Waals surface area contributed by atoms with Crippen LogP contribution in [0.3, 0.4) is 0 Å². The van der Waals surface area contributed by atoms with Gasteiger partial charge in [0.1, 0.15) is 11.6 Å². The Kier molecular flexibility index (Phi) is 5.71. The Hall–Kier alpha value is -2.46. The number of rotatable bonds is 7. The van der Waals surface area contributed by atoms with Crippen molar-refractivity contribution in [3.63, 3.8) is 0 Å². The summed E-state index contributed by atoms with van der Waals surface area (Å²) in [4.78, 5) is 4.45. The van der Waals surface area contributed by atoms with Crippen molar-refractivity contribution in [2.24, 2.45) is 5.73 Å². The van der Waals surface area contributed by atoms with Crippen molar-refractivity contribution in [1.82, 2.24) is 4.98 Å². The van der Waals surface area contributed by atoms with E-state index in [2.05, 4.69) is 37.9 Å². The smallest absolute Gasteiger partial charge is 0.123 e. The van der Waals surface area contributed by atoms with E-state index in [-0.39, 0.29) is 11.2 Å². The van der Waals surface area contributed by atoms with Gasteiger partial charge >= 0.3 is 0 Å². The maximum absolute atomic E-state index is 14.0. The Balaban J connectivity index is 1.95. The molecular formula is C24H29FN2O. The number of hydrogen-bond acceptors (Lipinski definition) is 3. The molecule has 0 bridgehead atoms. The minimum absolute atomic E-state index is 0.261. The van der Waals surface area contributed by atoms with Crippen molar-refractivity contribution in [2.45, 2.75) is 51.0 Å². The van der Waals surface area contributed by atoms with Crippen LogP contribution in [0.25, 0.3) is 10.9 Å². The molecule has 0 radical (unpaired) electrons. The van der Waals surface area contributed by atoms with Gasteiger partial charge in [0, 0.05) is 22.7 Å². The third-order valence-electron chi connectivity index (χ3n) is 5.67. The number of pyridine rings is 1. The number of fused-ring (bicyclic) bond motifs is 1. The second kappa shape index (κ2) is 7.88. The van der Waals surface area contributed by atoms with E-state index < -0.39 is 5.54 Å². The van der Waals surface area contributed by atoms with Crippen molar-refractivity contribution < 1.29 is 9.13 Å². The lowest BCUT2D eigenvalue weighted by atomic mass is 9.71. The largest absolute Gasteiger partial charge is 0.496 e. The van der Waals surface area contributed by atoms with Crippen LogP contribution in [0, 0.1) is 5.82 Å². The zero-order valence-corrected chi connectivity index (χ0v) is 17.1. The molecule has 1 unspecified atom stereocenters. The summed E-state index contributed by atoms with van der Waals surface area (Å²) in [6.45, 7) is 6.32. The van der Waals surface area contributed by atoms with E-state index in [1.54, 1.807) is 19.2 Å². The highest BCUT2D eigenvalue weighted by Crippen LogP contribution is 2.39. The third-order valence-corrected chi connectivity index (χ3v) is 5.67. The van der Waals surface area contributed by atoms with Gasteiger partial charge in [-0.05, 0) is 60.6 Å². The molecule has 3 rings (SSSR count). The number of halogens is 1. The molecule has 2 aromatic carbocycles. The van der Waals surface area contributed by atoms with E-state index in [0.29, 0.717) is 12.2 Å². The average molecular weight is 381 g/mol. The molecule has 0 saturated heterocycles. The molecular weight excluding hydrogens is 351 g/mol.